The Morgan fingerprint density at radius 2 is 2.19 bits per heavy atom. The molecule has 0 saturated carbocycles. The zero-order valence-corrected chi connectivity index (χ0v) is 15.3. The Kier molecular flexibility index (Phi) is 5.21. The number of benzene rings is 1. The van der Waals surface area contributed by atoms with Crippen LogP contribution in [0.25, 0.3) is 0 Å². The number of fused-ring (bicyclic) bond motifs is 1. The molecule has 3 rings (SSSR count). The van der Waals surface area contributed by atoms with Crippen molar-refractivity contribution in [2.75, 3.05) is 18.5 Å². The number of hydrogen-bond acceptors (Lipinski definition) is 3. The van der Waals surface area contributed by atoms with Gasteiger partial charge in [-0.1, -0.05) is 6.58 Å². The molecule has 0 unspecified atom stereocenters. The minimum atomic E-state index is -0.102. The van der Waals surface area contributed by atoms with Crippen molar-refractivity contribution in [2.24, 2.45) is 0 Å². The number of aryl methyl sites for hydroxylation is 2. The first-order valence-electron chi connectivity index (χ1n) is 8.87. The molecule has 0 bridgehead atoms. The summed E-state index contributed by atoms with van der Waals surface area (Å²) in [5.41, 5.74) is 3.56. The molecule has 1 aliphatic heterocycles. The van der Waals surface area contributed by atoms with E-state index in [0.717, 1.165) is 36.2 Å². The molecule has 6 heteroatoms. The van der Waals surface area contributed by atoms with Crippen LogP contribution in [-0.4, -0.2) is 40.1 Å². The summed E-state index contributed by atoms with van der Waals surface area (Å²) < 4.78 is 1.84. The molecule has 26 heavy (non-hydrogen) atoms. The van der Waals surface area contributed by atoms with Crippen LogP contribution in [0.1, 0.15) is 34.8 Å². The highest BCUT2D eigenvalue weighted by Gasteiger charge is 2.22. The predicted molar refractivity (Wildman–Crippen MR) is 101 cm³/mol. The summed E-state index contributed by atoms with van der Waals surface area (Å²) in [4.78, 5) is 28.2. The fourth-order valence-electron chi connectivity index (χ4n) is 3.30. The molecule has 0 radical (unpaired) electrons. The van der Waals surface area contributed by atoms with Gasteiger partial charge in [-0.2, -0.15) is 5.10 Å². The molecule has 136 valence electrons. The molecular formula is C20H24N4O2. The van der Waals surface area contributed by atoms with Crippen molar-refractivity contribution < 1.29 is 9.59 Å². The van der Waals surface area contributed by atoms with Gasteiger partial charge in [0.2, 0.25) is 5.91 Å². The van der Waals surface area contributed by atoms with Gasteiger partial charge in [0.15, 0.2) is 0 Å². The monoisotopic (exact) mass is 352 g/mol. The third-order valence-corrected chi connectivity index (χ3v) is 4.66. The van der Waals surface area contributed by atoms with E-state index in [0.29, 0.717) is 18.7 Å². The lowest BCUT2D eigenvalue weighted by atomic mass is 9.98. The standard InChI is InChI=1S/C20H24N4O2/c1-4-19(25)24-10-6-7-16-11-17(8-9-18(16)24)20(26)22(3)13-15-12-21-23(5-2)14-15/h4,8-9,11-12,14H,1,5-7,10,13H2,2-3H3. The van der Waals surface area contributed by atoms with Crippen LogP contribution in [0.4, 0.5) is 5.69 Å². The van der Waals surface area contributed by atoms with Gasteiger partial charge in [0.25, 0.3) is 5.91 Å². The number of carbonyl (C=O) groups is 2. The van der Waals surface area contributed by atoms with Crippen LogP contribution in [0.15, 0.2) is 43.2 Å². The molecule has 1 aromatic carbocycles. The topological polar surface area (TPSA) is 58.4 Å². The summed E-state index contributed by atoms with van der Waals surface area (Å²) in [6, 6.07) is 5.57. The Balaban J connectivity index is 1.77. The Bertz CT molecular complexity index is 840. The lowest BCUT2D eigenvalue weighted by Crippen LogP contribution is -2.34. The second-order valence-corrected chi connectivity index (χ2v) is 6.51. The number of hydrogen-bond donors (Lipinski definition) is 0. The zero-order valence-electron chi connectivity index (χ0n) is 15.3. The van der Waals surface area contributed by atoms with Crippen molar-refractivity contribution in [1.29, 1.82) is 0 Å². The smallest absolute Gasteiger partial charge is 0.253 e. The van der Waals surface area contributed by atoms with Crippen LogP contribution in [0.2, 0.25) is 0 Å². The molecule has 0 N–H and O–H groups in total. The van der Waals surface area contributed by atoms with Gasteiger partial charge in [-0.05, 0) is 49.6 Å². The fraction of sp³-hybridized carbons (Fsp3) is 0.350. The lowest BCUT2D eigenvalue weighted by Gasteiger charge is -2.29. The first-order valence-corrected chi connectivity index (χ1v) is 8.87. The molecule has 1 aromatic heterocycles. The lowest BCUT2D eigenvalue weighted by molar-refractivity contribution is -0.114. The summed E-state index contributed by atoms with van der Waals surface area (Å²) in [5.74, 6) is -0.140. The first-order chi connectivity index (χ1) is 12.5. The zero-order chi connectivity index (χ0) is 18.7. The molecule has 0 spiro atoms. The number of aromatic nitrogens is 2. The SMILES string of the molecule is C=CC(=O)N1CCCc2cc(C(=O)N(C)Cc3cnn(CC)c3)ccc21. The molecule has 0 fully saturated rings. The number of amides is 2. The maximum Gasteiger partial charge on any atom is 0.253 e. The van der Waals surface area contributed by atoms with Gasteiger partial charge in [0.05, 0.1) is 6.20 Å². The highest BCUT2D eigenvalue weighted by atomic mass is 16.2. The van der Waals surface area contributed by atoms with E-state index in [1.54, 1.807) is 29.1 Å². The van der Waals surface area contributed by atoms with Crippen molar-refractivity contribution in [2.45, 2.75) is 32.9 Å². The van der Waals surface area contributed by atoms with Crippen molar-refractivity contribution in [3.63, 3.8) is 0 Å². The average molecular weight is 352 g/mol. The summed E-state index contributed by atoms with van der Waals surface area (Å²) in [6.45, 7) is 7.60. The van der Waals surface area contributed by atoms with Crippen LogP contribution in [0.3, 0.4) is 0 Å². The second kappa shape index (κ2) is 7.56. The summed E-state index contributed by atoms with van der Waals surface area (Å²) >= 11 is 0. The van der Waals surface area contributed by atoms with Gasteiger partial charge in [0.1, 0.15) is 0 Å². The summed E-state index contributed by atoms with van der Waals surface area (Å²) in [7, 11) is 1.79. The van der Waals surface area contributed by atoms with Crippen LogP contribution < -0.4 is 4.90 Å². The van der Waals surface area contributed by atoms with Crippen LogP contribution in [-0.2, 0) is 24.3 Å². The largest absolute Gasteiger partial charge is 0.337 e. The first kappa shape index (κ1) is 17.9. The van der Waals surface area contributed by atoms with Crippen molar-refractivity contribution >= 4 is 17.5 Å². The molecule has 2 amide bonds. The van der Waals surface area contributed by atoms with E-state index >= 15 is 0 Å². The van der Waals surface area contributed by atoms with E-state index in [2.05, 4.69) is 11.7 Å². The Morgan fingerprint density at radius 1 is 1.38 bits per heavy atom. The maximum atomic E-state index is 12.8. The number of anilines is 1. The van der Waals surface area contributed by atoms with Crippen molar-refractivity contribution in [3.05, 3.63) is 59.9 Å². The van der Waals surface area contributed by atoms with Crippen molar-refractivity contribution in [3.8, 4) is 0 Å². The predicted octanol–water partition coefficient (Wildman–Crippen LogP) is 2.64. The second-order valence-electron chi connectivity index (χ2n) is 6.51. The molecular weight excluding hydrogens is 328 g/mol. The quantitative estimate of drug-likeness (QED) is 0.777. The molecule has 2 aromatic rings. The minimum Gasteiger partial charge on any atom is -0.337 e. The van der Waals surface area contributed by atoms with Crippen LogP contribution in [0, 0.1) is 0 Å². The fourth-order valence-corrected chi connectivity index (χ4v) is 3.30. The van der Waals surface area contributed by atoms with E-state index in [-0.39, 0.29) is 11.8 Å². The van der Waals surface area contributed by atoms with Gasteiger partial charge < -0.3 is 9.80 Å². The van der Waals surface area contributed by atoms with E-state index in [9.17, 15) is 9.59 Å². The minimum absolute atomic E-state index is 0.0378. The van der Waals surface area contributed by atoms with Gasteiger partial charge >= 0.3 is 0 Å². The van der Waals surface area contributed by atoms with Gasteiger partial charge in [-0.3, -0.25) is 14.3 Å². The third-order valence-electron chi connectivity index (χ3n) is 4.66. The highest BCUT2D eigenvalue weighted by Crippen LogP contribution is 2.28. The molecule has 2 heterocycles. The molecule has 1 aliphatic rings. The van der Waals surface area contributed by atoms with E-state index < -0.39 is 0 Å². The summed E-state index contributed by atoms with van der Waals surface area (Å²) in [5, 5.41) is 4.24. The normalized spacial score (nSPS) is 13.2. The van der Waals surface area contributed by atoms with Crippen molar-refractivity contribution in [1.82, 2.24) is 14.7 Å². The van der Waals surface area contributed by atoms with E-state index in [1.807, 2.05) is 29.9 Å². The average Bonchev–Trinajstić information content (AvgIpc) is 3.13. The van der Waals surface area contributed by atoms with Gasteiger partial charge in [-0.15, -0.1) is 0 Å². The Labute approximate surface area is 153 Å². The molecule has 0 atom stereocenters. The maximum absolute atomic E-state index is 12.8. The van der Waals surface area contributed by atoms with Gasteiger partial charge in [-0.25, -0.2) is 0 Å². The number of rotatable bonds is 5. The van der Waals surface area contributed by atoms with E-state index in [4.69, 9.17) is 0 Å². The molecule has 6 nitrogen and oxygen atoms in total. The molecule has 0 saturated heterocycles. The number of carbonyl (C=O) groups excluding carboxylic acids is 2. The number of nitrogens with zero attached hydrogens (tertiary/aromatic N) is 4. The Hall–Kier alpha value is -2.89. The van der Waals surface area contributed by atoms with Crippen LogP contribution in [0.5, 0.6) is 0 Å². The molecule has 0 aliphatic carbocycles. The summed E-state index contributed by atoms with van der Waals surface area (Å²) in [6.07, 6.45) is 6.83. The highest BCUT2D eigenvalue weighted by molar-refractivity contribution is 6.02. The van der Waals surface area contributed by atoms with E-state index in [1.165, 1.54) is 6.08 Å². The third kappa shape index (κ3) is 3.54. The Morgan fingerprint density at radius 3 is 2.88 bits per heavy atom. The van der Waals surface area contributed by atoms with Gasteiger partial charge in [0, 0.05) is 49.7 Å². The van der Waals surface area contributed by atoms with Crippen LogP contribution >= 0.6 is 0 Å².